The highest BCUT2D eigenvalue weighted by Gasteiger charge is 2.16. The van der Waals surface area contributed by atoms with E-state index in [4.69, 9.17) is 9.47 Å². The molecule has 0 atom stereocenters. The molecule has 0 radical (unpaired) electrons. The highest BCUT2D eigenvalue weighted by atomic mass is 79.9. The number of methoxy groups -OCH3 is 2. The predicted octanol–water partition coefficient (Wildman–Crippen LogP) is 3.35. The molecule has 2 aromatic carbocycles. The van der Waals surface area contributed by atoms with Gasteiger partial charge in [-0.25, -0.2) is 0 Å². The van der Waals surface area contributed by atoms with E-state index in [0.717, 1.165) is 10.0 Å². The second-order valence-electron chi connectivity index (χ2n) is 4.94. The van der Waals surface area contributed by atoms with Crippen LogP contribution in [0, 0.1) is 6.92 Å². The molecule has 24 heavy (non-hydrogen) atoms. The first kappa shape index (κ1) is 17.8. The van der Waals surface area contributed by atoms with Gasteiger partial charge in [-0.05, 0) is 42.8 Å². The molecule has 2 N–H and O–H groups in total. The molecule has 0 heterocycles. The van der Waals surface area contributed by atoms with Crippen molar-refractivity contribution in [3.8, 4) is 11.5 Å². The standard InChI is InChI=1S/C17H17BrN2O4/c1-10-8-11(4-6-13(10)18)19-16(21)17(22)20-14-7-5-12(23-2)9-15(14)24-3/h4-9H,1-3H3,(H,19,21)(H,20,22). The van der Waals surface area contributed by atoms with Gasteiger partial charge in [0.2, 0.25) is 0 Å². The summed E-state index contributed by atoms with van der Waals surface area (Å²) in [5.74, 6) is -0.580. The van der Waals surface area contributed by atoms with E-state index in [-0.39, 0.29) is 0 Å². The molecule has 126 valence electrons. The minimum Gasteiger partial charge on any atom is -0.497 e. The van der Waals surface area contributed by atoms with Crippen LogP contribution in [0.5, 0.6) is 11.5 Å². The maximum absolute atomic E-state index is 12.1. The maximum atomic E-state index is 12.1. The fourth-order valence-corrected chi connectivity index (χ4v) is 2.24. The third-order valence-electron chi connectivity index (χ3n) is 3.28. The van der Waals surface area contributed by atoms with E-state index in [9.17, 15) is 9.59 Å². The summed E-state index contributed by atoms with van der Waals surface area (Å²) in [6, 6.07) is 10.2. The number of aryl methyl sites for hydroxylation is 1. The van der Waals surface area contributed by atoms with Gasteiger partial charge in [-0.15, -0.1) is 0 Å². The molecular formula is C17H17BrN2O4. The summed E-state index contributed by atoms with van der Waals surface area (Å²) < 4.78 is 11.2. The van der Waals surface area contributed by atoms with Crippen LogP contribution >= 0.6 is 15.9 Å². The molecule has 0 fully saturated rings. The monoisotopic (exact) mass is 392 g/mol. The van der Waals surface area contributed by atoms with Gasteiger partial charge >= 0.3 is 11.8 Å². The van der Waals surface area contributed by atoms with E-state index in [1.165, 1.54) is 14.2 Å². The summed E-state index contributed by atoms with van der Waals surface area (Å²) in [6.45, 7) is 1.89. The first-order valence-electron chi connectivity index (χ1n) is 7.05. The van der Waals surface area contributed by atoms with Crippen molar-refractivity contribution in [2.45, 2.75) is 6.92 Å². The van der Waals surface area contributed by atoms with Gasteiger partial charge in [-0.1, -0.05) is 15.9 Å². The average molecular weight is 393 g/mol. The van der Waals surface area contributed by atoms with Crippen molar-refractivity contribution in [3.63, 3.8) is 0 Å². The first-order chi connectivity index (χ1) is 11.4. The maximum Gasteiger partial charge on any atom is 0.314 e. The number of rotatable bonds is 4. The number of carbonyl (C=O) groups excluding carboxylic acids is 2. The van der Waals surface area contributed by atoms with Gasteiger partial charge in [0.15, 0.2) is 0 Å². The molecule has 0 bridgehead atoms. The topological polar surface area (TPSA) is 76.7 Å². The van der Waals surface area contributed by atoms with Gasteiger partial charge in [-0.3, -0.25) is 9.59 Å². The van der Waals surface area contributed by atoms with E-state index in [2.05, 4.69) is 26.6 Å². The molecule has 0 aromatic heterocycles. The SMILES string of the molecule is COc1ccc(NC(=O)C(=O)Nc2ccc(Br)c(C)c2)c(OC)c1. The Hall–Kier alpha value is -2.54. The Labute approximate surface area is 148 Å². The van der Waals surface area contributed by atoms with Crippen molar-refractivity contribution in [3.05, 3.63) is 46.4 Å². The number of nitrogens with one attached hydrogen (secondary N) is 2. The summed E-state index contributed by atoms with van der Waals surface area (Å²) in [7, 11) is 3.00. The van der Waals surface area contributed by atoms with Gasteiger partial charge < -0.3 is 20.1 Å². The summed E-state index contributed by atoms with van der Waals surface area (Å²) in [4.78, 5) is 24.1. The van der Waals surface area contributed by atoms with Crippen molar-refractivity contribution < 1.29 is 19.1 Å². The lowest BCUT2D eigenvalue weighted by Crippen LogP contribution is -2.29. The largest absolute Gasteiger partial charge is 0.497 e. The Morgan fingerprint density at radius 1 is 0.958 bits per heavy atom. The first-order valence-corrected chi connectivity index (χ1v) is 7.84. The molecule has 0 aliphatic carbocycles. The molecule has 2 rings (SSSR count). The van der Waals surface area contributed by atoms with Crippen LogP contribution < -0.4 is 20.1 Å². The molecule has 0 spiro atoms. The molecule has 0 aliphatic heterocycles. The highest BCUT2D eigenvalue weighted by Crippen LogP contribution is 2.29. The zero-order valence-corrected chi connectivity index (χ0v) is 15.1. The van der Waals surface area contributed by atoms with Crippen LogP contribution in [0.15, 0.2) is 40.9 Å². The van der Waals surface area contributed by atoms with Crippen LogP contribution in [0.2, 0.25) is 0 Å². The lowest BCUT2D eigenvalue weighted by Gasteiger charge is -2.12. The summed E-state index contributed by atoms with van der Waals surface area (Å²) >= 11 is 3.38. The summed E-state index contributed by atoms with van der Waals surface area (Å²) in [5, 5.41) is 5.07. The minimum absolute atomic E-state index is 0.380. The third-order valence-corrected chi connectivity index (χ3v) is 4.17. The number of anilines is 2. The average Bonchev–Trinajstić information content (AvgIpc) is 2.58. The number of hydrogen-bond donors (Lipinski definition) is 2. The predicted molar refractivity (Wildman–Crippen MR) is 95.7 cm³/mol. The molecule has 0 unspecified atom stereocenters. The van der Waals surface area contributed by atoms with Crippen molar-refractivity contribution >= 4 is 39.1 Å². The van der Waals surface area contributed by atoms with Crippen molar-refractivity contribution in [2.24, 2.45) is 0 Å². The van der Waals surface area contributed by atoms with Crippen LogP contribution in [0.1, 0.15) is 5.56 Å². The van der Waals surface area contributed by atoms with Gasteiger partial charge in [0, 0.05) is 16.2 Å². The third kappa shape index (κ3) is 4.26. The fourth-order valence-electron chi connectivity index (χ4n) is 1.99. The van der Waals surface area contributed by atoms with Crippen molar-refractivity contribution in [1.29, 1.82) is 0 Å². The second-order valence-corrected chi connectivity index (χ2v) is 5.79. The quantitative estimate of drug-likeness (QED) is 0.782. The van der Waals surface area contributed by atoms with Crippen molar-refractivity contribution in [2.75, 3.05) is 24.9 Å². The molecular weight excluding hydrogens is 376 g/mol. The van der Waals surface area contributed by atoms with Gasteiger partial charge in [-0.2, -0.15) is 0 Å². The Morgan fingerprint density at radius 2 is 1.67 bits per heavy atom. The second kappa shape index (κ2) is 7.83. The molecule has 0 saturated heterocycles. The lowest BCUT2D eigenvalue weighted by atomic mass is 10.2. The number of benzene rings is 2. The normalized spacial score (nSPS) is 10.0. The van der Waals surface area contributed by atoms with Gasteiger partial charge in [0.1, 0.15) is 11.5 Å². The molecule has 7 heteroatoms. The fraction of sp³-hybridized carbons (Fsp3) is 0.176. The smallest absolute Gasteiger partial charge is 0.314 e. The van der Waals surface area contributed by atoms with E-state index < -0.39 is 11.8 Å². The Morgan fingerprint density at radius 3 is 2.29 bits per heavy atom. The number of hydrogen-bond acceptors (Lipinski definition) is 4. The van der Waals surface area contributed by atoms with Crippen LogP contribution in [0.3, 0.4) is 0 Å². The highest BCUT2D eigenvalue weighted by molar-refractivity contribution is 9.10. The molecule has 2 amide bonds. The number of ether oxygens (including phenoxy) is 2. The van der Waals surface area contributed by atoms with Crippen molar-refractivity contribution in [1.82, 2.24) is 0 Å². The van der Waals surface area contributed by atoms with Gasteiger partial charge in [0.25, 0.3) is 0 Å². The molecule has 0 aliphatic rings. The summed E-state index contributed by atoms with van der Waals surface area (Å²) in [6.07, 6.45) is 0. The molecule has 6 nitrogen and oxygen atoms in total. The van der Waals surface area contributed by atoms with E-state index >= 15 is 0 Å². The van der Waals surface area contributed by atoms with E-state index in [1.54, 1.807) is 36.4 Å². The molecule has 2 aromatic rings. The minimum atomic E-state index is -0.793. The number of amides is 2. The van der Waals surface area contributed by atoms with Crippen LogP contribution in [-0.2, 0) is 9.59 Å². The van der Waals surface area contributed by atoms with Crippen LogP contribution in [-0.4, -0.2) is 26.0 Å². The summed E-state index contributed by atoms with van der Waals surface area (Å²) in [5.41, 5.74) is 1.87. The Bertz CT molecular complexity index is 777. The van der Waals surface area contributed by atoms with E-state index in [1.807, 2.05) is 6.92 Å². The zero-order chi connectivity index (χ0) is 17.7. The molecule has 0 saturated carbocycles. The van der Waals surface area contributed by atoms with Crippen LogP contribution in [0.25, 0.3) is 0 Å². The van der Waals surface area contributed by atoms with Gasteiger partial charge in [0.05, 0.1) is 19.9 Å². The number of carbonyl (C=O) groups is 2. The van der Waals surface area contributed by atoms with Crippen LogP contribution in [0.4, 0.5) is 11.4 Å². The zero-order valence-electron chi connectivity index (χ0n) is 13.5. The van der Waals surface area contributed by atoms with E-state index in [0.29, 0.717) is 22.9 Å². The Balaban J connectivity index is 2.08. The Kier molecular flexibility index (Phi) is 5.81. The number of halogens is 1. The lowest BCUT2D eigenvalue weighted by molar-refractivity contribution is -0.133.